The fourth-order valence-corrected chi connectivity index (χ4v) is 2.08. The molecule has 0 spiro atoms. The maximum absolute atomic E-state index is 10.7. The molecule has 0 aliphatic heterocycles. The Morgan fingerprint density at radius 1 is 1.47 bits per heavy atom. The van der Waals surface area contributed by atoms with E-state index in [1.807, 2.05) is 6.92 Å². The number of rotatable bonds is 6. The van der Waals surface area contributed by atoms with Crippen molar-refractivity contribution in [2.75, 3.05) is 13.1 Å². The lowest BCUT2D eigenvalue weighted by Crippen LogP contribution is -2.21. The number of nitrogens with one attached hydrogen (secondary N) is 1. The van der Waals surface area contributed by atoms with Crippen LogP contribution in [0.1, 0.15) is 39.0 Å². The van der Waals surface area contributed by atoms with Crippen LogP contribution in [-0.2, 0) is 4.79 Å². The van der Waals surface area contributed by atoms with Crippen LogP contribution < -0.4 is 5.32 Å². The molecule has 0 bridgehead atoms. The molecule has 0 unspecified atom stereocenters. The molecule has 0 radical (unpaired) electrons. The quantitative estimate of drug-likeness (QED) is 0.523. The molecule has 0 atom stereocenters. The zero-order valence-electron chi connectivity index (χ0n) is 9.46. The Hall–Kier alpha value is -0.830. The molecule has 0 aromatic rings. The molecule has 15 heavy (non-hydrogen) atoms. The van der Waals surface area contributed by atoms with Gasteiger partial charge in [-0.25, -0.2) is 4.79 Å². The molecule has 0 amide bonds. The number of hydrogen-bond donors (Lipinski definition) is 2. The lowest BCUT2D eigenvalue weighted by molar-refractivity contribution is -0.132. The van der Waals surface area contributed by atoms with Gasteiger partial charge in [0, 0.05) is 12.1 Å². The largest absolute Gasteiger partial charge is 0.478 e. The summed E-state index contributed by atoms with van der Waals surface area (Å²) in [5.41, 5.74) is 0.508. The summed E-state index contributed by atoms with van der Waals surface area (Å²) in [5, 5.41) is 12.1. The topological polar surface area (TPSA) is 49.3 Å². The van der Waals surface area contributed by atoms with E-state index in [9.17, 15) is 4.79 Å². The maximum Gasteiger partial charge on any atom is 0.331 e. The summed E-state index contributed by atoms with van der Waals surface area (Å²) in [6.45, 7) is 3.59. The molecule has 0 heterocycles. The molecule has 3 nitrogen and oxygen atoms in total. The van der Waals surface area contributed by atoms with Gasteiger partial charge >= 0.3 is 5.97 Å². The van der Waals surface area contributed by atoms with E-state index in [4.69, 9.17) is 5.11 Å². The predicted molar refractivity (Wildman–Crippen MR) is 60.8 cm³/mol. The van der Waals surface area contributed by atoms with Crippen LogP contribution in [0.15, 0.2) is 11.6 Å². The van der Waals surface area contributed by atoms with Gasteiger partial charge in [-0.3, -0.25) is 0 Å². The zero-order valence-corrected chi connectivity index (χ0v) is 9.46. The molecule has 1 rings (SSSR count). The summed E-state index contributed by atoms with van der Waals surface area (Å²) in [5.74, 6) is 0.0217. The average molecular weight is 211 g/mol. The van der Waals surface area contributed by atoms with Crippen molar-refractivity contribution in [2.24, 2.45) is 5.92 Å². The summed E-state index contributed by atoms with van der Waals surface area (Å²) in [4.78, 5) is 10.7. The van der Waals surface area contributed by atoms with Gasteiger partial charge in [-0.15, -0.1) is 0 Å². The molecule has 0 aromatic heterocycles. The second kappa shape index (κ2) is 6.62. The van der Waals surface area contributed by atoms with Gasteiger partial charge in [-0.2, -0.15) is 0 Å². The third kappa shape index (κ3) is 4.47. The van der Waals surface area contributed by atoms with E-state index < -0.39 is 5.97 Å². The third-order valence-electron chi connectivity index (χ3n) is 3.06. The monoisotopic (exact) mass is 211 g/mol. The number of carbonyl (C=O) groups is 1. The van der Waals surface area contributed by atoms with Gasteiger partial charge in [0.2, 0.25) is 0 Å². The standard InChI is InChI=1S/C12H21NO2/c1-2-11(12(14)15)7-8-13-9-10-5-3-4-6-10/h7,10,13H,2-6,8-9H2,1H3,(H,14,15). The molecule has 0 saturated heterocycles. The van der Waals surface area contributed by atoms with Crippen LogP contribution in [0.25, 0.3) is 0 Å². The lowest BCUT2D eigenvalue weighted by Gasteiger charge is -2.08. The van der Waals surface area contributed by atoms with E-state index in [2.05, 4.69) is 5.32 Å². The first-order chi connectivity index (χ1) is 7.24. The van der Waals surface area contributed by atoms with E-state index in [1.54, 1.807) is 6.08 Å². The predicted octanol–water partition coefficient (Wildman–Crippen LogP) is 2.19. The van der Waals surface area contributed by atoms with E-state index >= 15 is 0 Å². The lowest BCUT2D eigenvalue weighted by atomic mass is 10.1. The molecule has 3 heteroatoms. The number of aliphatic carboxylic acids is 1. The van der Waals surface area contributed by atoms with Gasteiger partial charge in [-0.1, -0.05) is 25.8 Å². The number of hydrogen-bond acceptors (Lipinski definition) is 2. The van der Waals surface area contributed by atoms with E-state index in [-0.39, 0.29) is 0 Å². The molecule has 86 valence electrons. The van der Waals surface area contributed by atoms with Crippen molar-refractivity contribution >= 4 is 5.97 Å². The van der Waals surface area contributed by atoms with E-state index in [0.29, 0.717) is 18.5 Å². The minimum atomic E-state index is -0.792. The van der Waals surface area contributed by atoms with Gasteiger partial charge in [0.15, 0.2) is 0 Å². The fourth-order valence-electron chi connectivity index (χ4n) is 2.08. The highest BCUT2D eigenvalue weighted by Crippen LogP contribution is 2.23. The Kier molecular flexibility index (Phi) is 5.40. The minimum absolute atomic E-state index is 0.508. The van der Waals surface area contributed by atoms with Gasteiger partial charge in [0.25, 0.3) is 0 Å². The van der Waals surface area contributed by atoms with Crippen molar-refractivity contribution < 1.29 is 9.90 Å². The van der Waals surface area contributed by atoms with Crippen molar-refractivity contribution in [3.05, 3.63) is 11.6 Å². The van der Waals surface area contributed by atoms with Crippen LogP contribution in [-0.4, -0.2) is 24.2 Å². The Bertz CT molecular complexity index is 230. The molecule has 1 aliphatic carbocycles. The Labute approximate surface area is 91.6 Å². The average Bonchev–Trinajstić information content (AvgIpc) is 2.70. The zero-order chi connectivity index (χ0) is 11.1. The maximum atomic E-state index is 10.7. The summed E-state index contributed by atoms with van der Waals surface area (Å²) in [6.07, 6.45) is 7.76. The third-order valence-corrected chi connectivity index (χ3v) is 3.06. The van der Waals surface area contributed by atoms with Crippen molar-refractivity contribution in [1.82, 2.24) is 5.32 Å². The van der Waals surface area contributed by atoms with E-state index in [1.165, 1.54) is 25.7 Å². The Morgan fingerprint density at radius 3 is 2.67 bits per heavy atom. The van der Waals surface area contributed by atoms with Crippen molar-refractivity contribution in [3.8, 4) is 0 Å². The van der Waals surface area contributed by atoms with Gasteiger partial charge < -0.3 is 10.4 Å². The molecule has 2 N–H and O–H groups in total. The SMILES string of the molecule is CCC(=CCNCC1CCCC1)C(=O)O. The summed E-state index contributed by atoms with van der Waals surface area (Å²) >= 11 is 0. The molecule has 1 saturated carbocycles. The second-order valence-corrected chi connectivity index (χ2v) is 4.20. The highest BCUT2D eigenvalue weighted by Gasteiger charge is 2.13. The summed E-state index contributed by atoms with van der Waals surface area (Å²) < 4.78 is 0. The van der Waals surface area contributed by atoms with Gasteiger partial charge in [-0.05, 0) is 31.7 Å². The van der Waals surface area contributed by atoms with Crippen LogP contribution in [0.4, 0.5) is 0 Å². The molecule has 1 fully saturated rings. The van der Waals surface area contributed by atoms with Crippen LogP contribution in [0.3, 0.4) is 0 Å². The summed E-state index contributed by atoms with van der Waals surface area (Å²) in [6, 6.07) is 0. The number of carboxylic acids is 1. The highest BCUT2D eigenvalue weighted by molar-refractivity contribution is 5.86. The highest BCUT2D eigenvalue weighted by atomic mass is 16.4. The second-order valence-electron chi connectivity index (χ2n) is 4.20. The minimum Gasteiger partial charge on any atom is -0.478 e. The molecule has 1 aliphatic rings. The fraction of sp³-hybridized carbons (Fsp3) is 0.750. The normalized spacial score (nSPS) is 18.3. The first kappa shape index (κ1) is 12.2. The van der Waals surface area contributed by atoms with Gasteiger partial charge in [0.1, 0.15) is 0 Å². The van der Waals surface area contributed by atoms with Crippen LogP contribution in [0.5, 0.6) is 0 Å². The first-order valence-corrected chi connectivity index (χ1v) is 5.87. The molecular weight excluding hydrogens is 190 g/mol. The van der Waals surface area contributed by atoms with E-state index in [0.717, 1.165) is 12.5 Å². The van der Waals surface area contributed by atoms with Crippen LogP contribution in [0.2, 0.25) is 0 Å². The van der Waals surface area contributed by atoms with Crippen molar-refractivity contribution in [1.29, 1.82) is 0 Å². The van der Waals surface area contributed by atoms with Crippen molar-refractivity contribution in [3.63, 3.8) is 0 Å². The summed E-state index contributed by atoms with van der Waals surface area (Å²) in [7, 11) is 0. The van der Waals surface area contributed by atoms with Crippen LogP contribution >= 0.6 is 0 Å². The molecule has 0 aromatic carbocycles. The number of carboxylic acid groups (broad SMARTS) is 1. The molecular formula is C12H21NO2. The first-order valence-electron chi connectivity index (χ1n) is 5.87. The smallest absolute Gasteiger partial charge is 0.331 e. The Morgan fingerprint density at radius 2 is 2.13 bits per heavy atom. The van der Waals surface area contributed by atoms with Crippen LogP contribution in [0, 0.1) is 5.92 Å². The van der Waals surface area contributed by atoms with Crippen molar-refractivity contribution in [2.45, 2.75) is 39.0 Å². The Balaban J connectivity index is 2.16. The van der Waals surface area contributed by atoms with Gasteiger partial charge in [0.05, 0.1) is 0 Å².